The maximum Gasteiger partial charge on any atom is 0.150 e. The molecule has 0 aliphatic heterocycles. The maximum absolute atomic E-state index is 12.8. The second kappa shape index (κ2) is 5.55. The Labute approximate surface area is 87.2 Å². The summed E-state index contributed by atoms with van der Waals surface area (Å²) < 4.78 is 12.8. The minimum absolute atomic E-state index is 0.346. The highest BCUT2D eigenvalue weighted by Gasteiger charge is 1.99. The summed E-state index contributed by atoms with van der Waals surface area (Å²) in [6.07, 6.45) is 4.93. The average Bonchev–Trinajstić information content (AvgIpc) is 2.19. The minimum Gasteiger partial charge on any atom is -0.298 e. The first-order chi connectivity index (χ1) is 6.77. The topological polar surface area (TPSA) is 17.1 Å². The highest BCUT2D eigenvalue weighted by molar-refractivity contribution is 6.17. The Morgan fingerprint density at radius 2 is 2.14 bits per heavy atom. The van der Waals surface area contributed by atoms with E-state index < -0.39 is 0 Å². The molecular formula is C11H10ClFO. The van der Waals surface area contributed by atoms with Gasteiger partial charge in [0, 0.05) is 11.4 Å². The molecule has 0 aliphatic rings. The number of halogens is 2. The van der Waals surface area contributed by atoms with Gasteiger partial charge in [0.15, 0.2) is 6.29 Å². The zero-order valence-electron chi connectivity index (χ0n) is 7.54. The molecule has 0 atom stereocenters. The second-order valence-corrected chi connectivity index (χ2v) is 3.15. The van der Waals surface area contributed by atoms with Crippen molar-refractivity contribution < 1.29 is 9.18 Å². The highest BCUT2D eigenvalue weighted by atomic mass is 35.5. The summed E-state index contributed by atoms with van der Waals surface area (Å²) in [4.78, 5) is 10.6. The van der Waals surface area contributed by atoms with E-state index in [-0.39, 0.29) is 5.82 Å². The molecule has 1 rings (SSSR count). The molecule has 0 bridgehead atoms. The van der Waals surface area contributed by atoms with Crippen LogP contribution >= 0.6 is 11.6 Å². The van der Waals surface area contributed by atoms with Crippen LogP contribution in [0.2, 0.25) is 0 Å². The van der Waals surface area contributed by atoms with Gasteiger partial charge in [-0.1, -0.05) is 12.2 Å². The average molecular weight is 213 g/mol. The zero-order chi connectivity index (χ0) is 10.4. The van der Waals surface area contributed by atoms with E-state index in [0.717, 1.165) is 0 Å². The molecule has 0 unspecified atom stereocenters. The predicted molar refractivity (Wildman–Crippen MR) is 56.2 cm³/mol. The number of rotatable bonds is 4. The van der Waals surface area contributed by atoms with Gasteiger partial charge in [0.05, 0.1) is 0 Å². The lowest BCUT2D eigenvalue weighted by atomic mass is 10.1. The summed E-state index contributed by atoms with van der Waals surface area (Å²) in [6.45, 7) is 0. The third kappa shape index (κ3) is 2.96. The summed E-state index contributed by atoms with van der Waals surface area (Å²) in [5, 5.41) is 0. The van der Waals surface area contributed by atoms with Crippen LogP contribution in [0, 0.1) is 5.82 Å². The van der Waals surface area contributed by atoms with Crippen molar-refractivity contribution in [2.24, 2.45) is 0 Å². The first-order valence-electron chi connectivity index (χ1n) is 4.25. The van der Waals surface area contributed by atoms with Gasteiger partial charge in [-0.25, -0.2) is 4.39 Å². The lowest BCUT2D eigenvalue weighted by Crippen LogP contribution is -1.87. The van der Waals surface area contributed by atoms with E-state index in [1.54, 1.807) is 6.08 Å². The van der Waals surface area contributed by atoms with Gasteiger partial charge in [-0.2, -0.15) is 0 Å². The molecule has 1 aromatic carbocycles. The normalized spacial score (nSPS) is 10.7. The molecule has 1 nitrogen and oxygen atoms in total. The van der Waals surface area contributed by atoms with Crippen LogP contribution in [0.25, 0.3) is 6.08 Å². The molecule has 0 saturated carbocycles. The molecule has 14 heavy (non-hydrogen) atoms. The zero-order valence-corrected chi connectivity index (χ0v) is 8.30. The summed E-state index contributed by atoms with van der Waals surface area (Å²) in [5.41, 5.74) is 1.07. The number of carbonyl (C=O) groups excluding carboxylic acids is 1. The molecular weight excluding hydrogens is 203 g/mol. The molecule has 0 saturated heterocycles. The van der Waals surface area contributed by atoms with E-state index in [0.29, 0.717) is 29.7 Å². The number of hydrogen-bond acceptors (Lipinski definition) is 1. The third-order valence-corrected chi connectivity index (χ3v) is 1.97. The number of hydrogen-bond donors (Lipinski definition) is 0. The number of allylic oxidation sites excluding steroid dienone is 1. The van der Waals surface area contributed by atoms with Gasteiger partial charge in [-0.3, -0.25) is 4.79 Å². The van der Waals surface area contributed by atoms with E-state index in [1.807, 2.05) is 6.08 Å². The Hall–Kier alpha value is -1.15. The molecule has 1 aromatic rings. The van der Waals surface area contributed by atoms with Crippen molar-refractivity contribution in [2.75, 3.05) is 5.88 Å². The Balaban J connectivity index is 2.92. The predicted octanol–water partition coefficient (Wildman–Crippen LogP) is 3.28. The van der Waals surface area contributed by atoms with E-state index in [2.05, 4.69) is 0 Å². The monoisotopic (exact) mass is 212 g/mol. The summed E-state index contributed by atoms with van der Waals surface area (Å²) in [7, 11) is 0. The first-order valence-corrected chi connectivity index (χ1v) is 4.78. The van der Waals surface area contributed by atoms with Gasteiger partial charge in [0.1, 0.15) is 5.82 Å². The van der Waals surface area contributed by atoms with Crippen LogP contribution in [0.5, 0.6) is 0 Å². The molecule has 0 fully saturated rings. The van der Waals surface area contributed by atoms with Crippen molar-refractivity contribution in [3.63, 3.8) is 0 Å². The molecule has 0 radical (unpaired) electrons. The maximum atomic E-state index is 12.8. The SMILES string of the molecule is O=Cc1ccc(F)cc1C=CCCCl. The van der Waals surface area contributed by atoms with Crippen molar-refractivity contribution in [2.45, 2.75) is 6.42 Å². The molecule has 0 spiro atoms. The van der Waals surface area contributed by atoms with Gasteiger partial charge in [-0.15, -0.1) is 11.6 Å². The first kappa shape index (κ1) is 10.9. The number of aldehydes is 1. The summed E-state index contributed by atoms with van der Waals surface area (Å²) in [5.74, 6) is 0.170. The number of carbonyl (C=O) groups is 1. The standard InChI is InChI=1S/C11H10ClFO/c12-6-2-1-3-9-7-11(13)5-4-10(9)8-14/h1,3-5,7-8H,2,6H2. The summed E-state index contributed by atoms with van der Waals surface area (Å²) in [6, 6.07) is 4.06. The fourth-order valence-electron chi connectivity index (χ4n) is 1.07. The van der Waals surface area contributed by atoms with Gasteiger partial charge >= 0.3 is 0 Å². The van der Waals surface area contributed by atoms with Crippen LogP contribution in [-0.4, -0.2) is 12.2 Å². The molecule has 3 heteroatoms. The Bertz CT molecular complexity index is 347. The molecule has 0 N–H and O–H groups in total. The van der Waals surface area contributed by atoms with E-state index >= 15 is 0 Å². The smallest absolute Gasteiger partial charge is 0.150 e. The van der Waals surface area contributed by atoms with Crippen LogP contribution in [0.15, 0.2) is 24.3 Å². The van der Waals surface area contributed by atoms with Crippen molar-refractivity contribution >= 4 is 24.0 Å². The van der Waals surface area contributed by atoms with E-state index in [1.165, 1.54) is 18.2 Å². The third-order valence-electron chi connectivity index (χ3n) is 1.75. The molecule has 0 aliphatic carbocycles. The number of benzene rings is 1. The van der Waals surface area contributed by atoms with Gasteiger partial charge in [0.25, 0.3) is 0 Å². The molecule has 0 amide bonds. The second-order valence-electron chi connectivity index (χ2n) is 2.77. The quantitative estimate of drug-likeness (QED) is 0.553. The Morgan fingerprint density at radius 1 is 1.36 bits per heavy atom. The fourth-order valence-corrected chi connectivity index (χ4v) is 1.20. The fraction of sp³-hybridized carbons (Fsp3) is 0.182. The van der Waals surface area contributed by atoms with Crippen LogP contribution in [0.3, 0.4) is 0 Å². The lowest BCUT2D eigenvalue weighted by molar-refractivity contribution is 0.112. The van der Waals surface area contributed by atoms with Gasteiger partial charge in [-0.05, 0) is 30.2 Å². The van der Waals surface area contributed by atoms with Gasteiger partial charge < -0.3 is 0 Å². The Morgan fingerprint density at radius 3 is 2.79 bits per heavy atom. The van der Waals surface area contributed by atoms with Crippen LogP contribution in [0.4, 0.5) is 4.39 Å². The Kier molecular flexibility index (Phi) is 4.33. The van der Waals surface area contributed by atoms with Crippen molar-refractivity contribution in [3.05, 3.63) is 41.2 Å². The molecule has 74 valence electrons. The largest absolute Gasteiger partial charge is 0.298 e. The van der Waals surface area contributed by atoms with Gasteiger partial charge in [0.2, 0.25) is 0 Å². The van der Waals surface area contributed by atoms with E-state index in [4.69, 9.17) is 11.6 Å². The van der Waals surface area contributed by atoms with Crippen LogP contribution in [0.1, 0.15) is 22.3 Å². The molecule has 0 aromatic heterocycles. The highest BCUT2D eigenvalue weighted by Crippen LogP contribution is 2.11. The van der Waals surface area contributed by atoms with E-state index in [9.17, 15) is 9.18 Å². The lowest BCUT2D eigenvalue weighted by Gasteiger charge is -1.98. The van der Waals surface area contributed by atoms with Crippen LogP contribution < -0.4 is 0 Å². The minimum atomic E-state index is -0.346. The van der Waals surface area contributed by atoms with Crippen molar-refractivity contribution in [3.8, 4) is 0 Å². The molecule has 0 heterocycles. The van der Waals surface area contributed by atoms with Crippen molar-refractivity contribution in [1.29, 1.82) is 0 Å². The summed E-state index contributed by atoms with van der Waals surface area (Å²) >= 11 is 5.48. The van der Waals surface area contributed by atoms with Crippen LogP contribution in [-0.2, 0) is 0 Å². The number of alkyl halides is 1. The van der Waals surface area contributed by atoms with Crippen molar-refractivity contribution in [1.82, 2.24) is 0 Å².